The average molecular weight is 590 g/mol. The number of nitrogens with zero attached hydrogens (tertiary/aromatic N) is 5. The lowest BCUT2D eigenvalue weighted by Gasteiger charge is -2.40. The first-order valence-corrected chi connectivity index (χ1v) is 15.8. The molecule has 2 saturated heterocycles. The Labute approximate surface area is 253 Å². The SMILES string of the molecule is Cc1cc(CN(Cc2cn(C3CC3)c3cc(N4CCCC4)c(F)cc3c2=O)C2CCCN(C(=O)OC(C)(C)C)C2)ccn1. The number of anilines is 1. The molecule has 0 radical (unpaired) electrons. The van der Waals surface area contributed by atoms with E-state index in [9.17, 15) is 9.59 Å². The highest BCUT2D eigenvalue weighted by Gasteiger charge is 2.32. The van der Waals surface area contributed by atoms with Gasteiger partial charge in [0, 0.05) is 80.4 Å². The fourth-order valence-corrected chi connectivity index (χ4v) is 6.60. The molecule has 3 fully saturated rings. The van der Waals surface area contributed by atoms with Crippen LogP contribution < -0.4 is 10.3 Å². The van der Waals surface area contributed by atoms with Crippen molar-refractivity contribution in [3.8, 4) is 0 Å². The highest BCUT2D eigenvalue weighted by atomic mass is 19.1. The van der Waals surface area contributed by atoms with Crippen molar-refractivity contribution in [1.29, 1.82) is 0 Å². The molecular formula is C34H44FN5O3. The van der Waals surface area contributed by atoms with Gasteiger partial charge in [0.2, 0.25) is 0 Å². The molecule has 3 aromatic rings. The van der Waals surface area contributed by atoms with Crippen LogP contribution in [0.2, 0.25) is 0 Å². The first-order valence-electron chi connectivity index (χ1n) is 15.8. The molecule has 1 amide bonds. The number of rotatable bonds is 7. The molecule has 1 aromatic carbocycles. The minimum Gasteiger partial charge on any atom is -0.444 e. The predicted octanol–water partition coefficient (Wildman–Crippen LogP) is 6.18. The molecule has 2 aliphatic heterocycles. The van der Waals surface area contributed by atoms with Gasteiger partial charge in [0.1, 0.15) is 11.4 Å². The number of carbonyl (C=O) groups excluding carboxylic acids is 1. The summed E-state index contributed by atoms with van der Waals surface area (Å²) < 4.78 is 23.4. The van der Waals surface area contributed by atoms with Gasteiger partial charge in [-0.15, -0.1) is 0 Å². The minimum atomic E-state index is -0.568. The molecule has 3 aliphatic rings. The summed E-state index contributed by atoms with van der Waals surface area (Å²) >= 11 is 0. The van der Waals surface area contributed by atoms with Crippen molar-refractivity contribution in [3.05, 3.63) is 69.5 Å². The fraction of sp³-hybridized carbons (Fsp3) is 0.559. The third-order valence-electron chi connectivity index (χ3n) is 8.85. The van der Waals surface area contributed by atoms with Crippen LogP contribution in [0, 0.1) is 12.7 Å². The lowest BCUT2D eigenvalue weighted by Crippen LogP contribution is -2.50. The molecule has 9 heteroatoms. The second kappa shape index (κ2) is 11.9. The number of pyridine rings is 2. The van der Waals surface area contributed by atoms with Crippen LogP contribution in [0.1, 0.15) is 82.2 Å². The zero-order chi connectivity index (χ0) is 30.3. The number of aryl methyl sites for hydroxylation is 1. The smallest absolute Gasteiger partial charge is 0.410 e. The molecule has 4 heterocycles. The molecule has 6 rings (SSSR count). The van der Waals surface area contributed by atoms with Gasteiger partial charge in [-0.1, -0.05) is 0 Å². The van der Waals surface area contributed by atoms with Crippen LogP contribution in [-0.2, 0) is 17.8 Å². The number of aromatic nitrogens is 2. The predicted molar refractivity (Wildman–Crippen MR) is 167 cm³/mol. The Hall–Kier alpha value is -3.46. The van der Waals surface area contributed by atoms with Gasteiger partial charge in [0.15, 0.2) is 5.43 Å². The molecule has 0 bridgehead atoms. The van der Waals surface area contributed by atoms with E-state index in [2.05, 4.69) is 25.4 Å². The van der Waals surface area contributed by atoms with Crippen LogP contribution in [-0.4, -0.2) is 63.3 Å². The number of amides is 1. The number of carbonyl (C=O) groups is 1. The summed E-state index contributed by atoms with van der Waals surface area (Å²) in [7, 11) is 0. The molecule has 230 valence electrons. The standard InChI is InChI=1S/C34H44FN5O3/c1-23-16-24(11-12-36-23)19-39(27-8-7-15-38(22-27)33(42)43-34(2,3)4)20-25-21-40(26-9-10-26)30-18-31(37-13-5-6-14-37)29(35)17-28(30)32(25)41/h11-12,16-18,21,26-27H,5-10,13-15,19-20,22H2,1-4H3. The lowest BCUT2D eigenvalue weighted by atomic mass is 10.0. The summed E-state index contributed by atoms with van der Waals surface area (Å²) in [5.74, 6) is -0.324. The monoisotopic (exact) mass is 589 g/mol. The van der Waals surface area contributed by atoms with Gasteiger partial charge in [-0.05, 0) is 96.0 Å². The van der Waals surface area contributed by atoms with Crippen molar-refractivity contribution in [2.24, 2.45) is 0 Å². The Bertz CT molecular complexity index is 1550. The number of benzene rings is 1. The maximum atomic E-state index is 15.5. The molecule has 8 nitrogen and oxygen atoms in total. The summed E-state index contributed by atoms with van der Waals surface area (Å²) in [4.78, 5) is 37.6. The molecule has 1 saturated carbocycles. The molecular weight excluding hydrogens is 545 g/mol. The quantitative estimate of drug-likeness (QED) is 0.328. The van der Waals surface area contributed by atoms with E-state index >= 15 is 4.39 Å². The molecule has 1 atom stereocenters. The molecule has 1 aliphatic carbocycles. The van der Waals surface area contributed by atoms with Crippen LogP contribution in [0.4, 0.5) is 14.9 Å². The van der Waals surface area contributed by atoms with Crippen molar-refractivity contribution in [2.45, 2.75) is 97.0 Å². The first kappa shape index (κ1) is 29.6. The Morgan fingerprint density at radius 3 is 2.53 bits per heavy atom. The van der Waals surface area contributed by atoms with Crippen molar-refractivity contribution < 1.29 is 13.9 Å². The van der Waals surface area contributed by atoms with E-state index < -0.39 is 5.60 Å². The van der Waals surface area contributed by atoms with Gasteiger partial charge in [-0.3, -0.25) is 14.7 Å². The number of hydrogen-bond acceptors (Lipinski definition) is 6. The maximum absolute atomic E-state index is 15.5. The fourth-order valence-electron chi connectivity index (χ4n) is 6.60. The Morgan fingerprint density at radius 2 is 1.84 bits per heavy atom. The van der Waals surface area contributed by atoms with E-state index in [1.54, 1.807) is 4.90 Å². The van der Waals surface area contributed by atoms with E-state index in [0.29, 0.717) is 48.9 Å². The number of hydrogen-bond donors (Lipinski definition) is 0. The average Bonchev–Trinajstić information content (AvgIpc) is 3.66. The van der Waals surface area contributed by atoms with Gasteiger partial charge in [-0.25, -0.2) is 9.18 Å². The second-order valence-corrected chi connectivity index (χ2v) is 13.6. The summed E-state index contributed by atoms with van der Waals surface area (Å²) in [5.41, 5.74) is 3.44. The zero-order valence-electron chi connectivity index (χ0n) is 25.9. The number of fused-ring (bicyclic) bond motifs is 1. The first-order chi connectivity index (χ1) is 20.6. The second-order valence-electron chi connectivity index (χ2n) is 13.6. The topological polar surface area (TPSA) is 70.9 Å². The highest BCUT2D eigenvalue weighted by Crippen LogP contribution is 2.38. The minimum absolute atomic E-state index is 0.0356. The number of ether oxygens (including phenoxy) is 1. The van der Waals surface area contributed by atoms with Crippen LogP contribution in [0.5, 0.6) is 0 Å². The third kappa shape index (κ3) is 6.71. The number of likely N-dealkylation sites (tertiary alicyclic amines) is 1. The van der Waals surface area contributed by atoms with Crippen molar-refractivity contribution in [2.75, 3.05) is 31.1 Å². The van der Waals surface area contributed by atoms with E-state index in [1.807, 2.05) is 52.2 Å². The molecule has 43 heavy (non-hydrogen) atoms. The van der Waals surface area contributed by atoms with Crippen molar-refractivity contribution in [3.63, 3.8) is 0 Å². The van der Waals surface area contributed by atoms with Gasteiger partial charge in [0.25, 0.3) is 0 Å². The van der Waals surface area contributed by atoms with Crippen LogP contribution >= 0.6 is 0 Å². The summed E-state index contributed by atoms with van der Waals surface area (Å²) in [6, 6.07) is 7.80. The van der Waals surface area contributed by atoms with E-state index in [1.165, 1.54) is 6.07 Å². The molecule has 0 spiro atoms. The highest BCUT2D eigenvalue weighted by molar-refractivity contribution is 5.84. The Balaban J connectivity index is 1.35. The van der Waals surface area contributed by atoms with E-state index in [-0.39, 0.29) is 23.4 Å². The number of piperidine rings is 1. The Morgan fingerprint density at radius 1 is 1.07 bits per heavy atom. The van der Waals surface area contributed by atoms with E-state index in [0.717, 1.165) is 68.4 Å². The summed E-state index contributed by atoms with van der Waals surface area (Å²) in [6.07, 6.45) is 9.52. The van der Waals surface area contributed by atoms with Crippen LogP contribution in [0.3, 0.4) is 0 Å². The number of halogens is 1. The summed E-state index contributed by atoms with van der Waals surface area (Å²) in [5, 5.41) is 0.448. The van der Waals surface area contributed by atoms with Gasteiger partial charge in [0.05, 0.1) is 11.2 Å². The normalized spacial score (nSPS) is 19.4. The van der Waals surface area contributed by atoms with Gasteiger partial charge < -0.3 is 19.1 Å². The van der Waals surface area contributed by atoms with Crippen LogP contribution in [0.15, 0.2) is 41.5 Å². The van der Waals surface area contributed by atoms with Crippen molar-refractivity contribution in [1.82, 2.24) is 19.4 Å². The molecule has 1 unspecified atom stereocenters. The molecule has 2 aromatic heterocycles. The van der Waals surface area contributed by atoms with Crippen LogP contribution in [0.25, 0.3) is 10.9 Å². The largest absolute Gasteiger partial charge is 0.444 e. The zero-order valence-corrected chi connectivity index (χ0v) is 25.9. The summed E-state index contributed by atoms with van der Waals surface area (Å²) in [6.45, 7) is 11.5. The third-order valence-corrected chi connectivity index (χ3v) is 8.85. The van der Waals surface area contributed by atoms with E-state index in [4.69, 9.17) is 4.74 Å². The molecule has 0 N–H and O–H groups in total. The lowest BCUT2D eigenvalue weighted by molar-refractivity contribution is 0.00888. The Kier molecular flexibility index (Phi) is 8.20. The van der Waals surface area contributed by atoms with Gasteiger partial charge in [-0.2, -0.15) is 0 Å². The maximum Gasteiger partial charge on any atom is 0.410 e. The van der Waals surface area contributed by atoms with Gasteiger partial charge >= 0.3 is 6.09 Å². The van der Waals surface area contributed by atoms with Crippen molar-refractivity contribution >= 4 is 22.7 Å².